The normalized spacial score (nSPS) is 10.6. The number of primary amides is 1. The highest BCUT2D eigenvalue weighted by Crippen LogP contribution is 2.22. The van der Waals surface area contributed by atoms with Gasteiger partial charge in [0, 0.05) is 5.56 Å². The molecule has 0 saturated carbocycles. The molecular weight excluding hydrogens is 244 g/mol. The third-order valence-electron chi connectivity index (χ3n) is 1.86. The van der Waals surface area contributed by atoms with E-state index >= 15 is 0 Å². The molecule has 1 aromatic carbocycles. The van der Waals surface area contributed by atoms with Crippen LogP contribution in [0.15, 0.2) is 17.2 Å². The second-order valence-electron chi connectivity index (χ2n) is 3.40. The van der Waals surface area contributed by atoms with E-state index in [-0.39, 0.29) is 12.2 Å². The van der Waals surface area contributed by atoms with Crippen molar-refractivity contribution in [2.45, 2.75) is 13.3 Å². The third kappa shape index (κ3) is 4.00. The number of rotatable bonds is 5. The zero-order chi connectivity index (χ0) is 13.5. The lowest BCUT2D eigenvalue weighted by molar-refractivity contribution is 0.249. The fraction of sp³-hybridized carbons (Fsp3) is 0.273. The zero-order valence-electron chi connectivity index (χ0n) is 9.74. The largest absolute Gasteiger partial charge is 0.488 e. The smallest absolute Gasteiger partial charge is 0.332 e. The van der Waals surface area contributed by atoms with Crippen LogP contribution in [0.2, 0.25) is 0 Å². The first kappa shape index (κ1) is 13.9. The molecule has 0 aliphatic heterocycles. The number of carbonyl (C=O) groups is 1. The number of halogens is 2. The fourth-order valence-corrected chi connectivity index (χ4v) is 1.17. The molecule has 18 heavy (non-hydrogen) atoms. The number of carbonyl (C=O) groups excluding carboxylic acids is 1. The zero-order valence-corrected chi connectivity index (χ0v) is 9.74. The Balaban J connectivity index is 2.85. The van der Waals surface area contributed by atoms with Crippen LogP contribution in [0.3, 0.4) is 0 Å². The molecule has 0 unspecified atom stereocenters. The molecule has 0 atom stereocenters. The number of amides is 2. The van der Waals surface area contributed by atoms with Gasteiger partial charge in [-0.15, -0.1) is 0 Å². The summed E-state index contributed by atoms with van der Waals surface area (Å²) in [6, 6.07) is 1.22. The summed E-state index contributed by atoms with van der Waals surface area (Å²) in [4.78, 5) is 10.3. The van der Waals surface area contributed by atoms with Gasteiger partial charge in [0.15, 0.2) is 17.4 Å². The summed E-state index contributed by atoms with van der Waals surface area (Å²) in [5, 5.41) is 3.39. The molecule has 7 heteroatoms. The predicted octanol–water partition coefficient (Wildman–Crippen LogP) is 1.76. The van der Waals surface area contributed by atoms with E-state index in [1.54, 1.807) is 0 Å². The Morgan fingerprint density at radius 2 is 2.11 bits per heavy atom. The first-order valence-corrected chi connectivity index (χ1v) is 5.25. The van der Waals surface area contributed by atoms with Crippen molar-refractivity contribution in [1.82, 2.24) is 5.43 Å². The summed E-state index contributed by atoms with van der Waals surface area (Å²) in [5.74, 6) is -2.08. The van der Waals surface area contributed by atoms with Gasteiger partial charge in [-0.2, -0.15) is 5.10 Å². The van der Waals surface area contributed by atoms with Gasteiger partial charge in [0.25, 0.3) is 0 Å². The molecule has 0 aliphatic carbocycles. The van der Waals surface area contributed by atoms with Crippen LogP contribution in [-0.2, 0) is 0 Å². The predicted molar refractivity (Wildman–Crippen MR) is 62.5 cm³/mol. The van der Waals surface area contributed by atoms with Crippen LogP contribution >= 0.6 is 0 Å². The monoisotopic (exact) mass is 257 g/mol. The van der Waals surface area contributed by atoms with E-state index in [1.165, 1.54) is 0 Å². The van der Waals surface area contributed by atoms with Crippen LogP contribution in [0.25, 0.3) is 0 Å². The molecule has 98 valence electrons. The minimum absolute atomic E-state index is 0.141. The standard InChI is InChI=1S/C11H13F2N3O2/c1-2-3-18-10-8(12)4-7(5-9(10)13)6-15-16-11(14)17/h4-6H,2-3H2,1H3,(H3,14,16,17). The first-order valence-electron chi connectivity index (χ1n) is 5.25. The van der Waals surface area contributed by atoms with E-state index in [4.69, 9.17) is 10.5 Å². The summed E-state index contributed by atoms with van der Waals surface area (Å²) in [5.41, 5.74) is 6.82. The number of benzene rings is 1. The van der Waals surface area contributed by atoms with Gasteiger partial charge in [-0.3, -0.25) is 0 Å². The molecule has 0 aliphatic rings. The third-order valence-corrected chi connectivity index (χ3v) is 1.86. The number of nitrogens with zero attached hydrogens (tertiary/aromatic N) is 1. The van der Waals surface area contributed by atoms with E-state index < -0.39 is 23.4 Å². The average Bonchev–Trinajstić information content (AvgIpc) is 2.27. The van der Waals surface area contributed by atoms with E-state index in [9.17, 15) is 13.6 Å². The Hall–Kier alpha value is -2.18. The summed E-state index contributed by atoms with van der Waals surface area (Å²) in [6.45, 7) is 2.05. The molecule has 1 rings (SSSR count). The van der Waals surface area contributed by atoms with Crippen LogP contribution in [0.4, 0.5) is 13.6 Å². The fourth-order valence-electron chi connectivity index (χ4n) is 1.17. The van der Waals surface area contributed by atoms with E-state index in [1.807, 2.05) is 12.3 Å². The molecule has 0 fully saturated rings. The second-order valence-corrected chi connectivity index (χ2v) is 3.40. The van der Waals surface area contributed by atoms with Crippen molar-refractivity contribution in [3.05, 3.63) is 29.3 Å². The van der Waals surface area contributed by atoms with Gasteiger partial charge in [-0.05, 0) is 18.6 Å². The lowest BCUT2D eigenvalue weighted by Gasteiger charge is -2.07. The second kappa shape index (κ2) is 6.53. The van der Waals surface area contributed by atoms with Crippen molar-refractivity contribution in [3.8, 4) is 5.75 Å². The topological polar surface area (TPSA) is 76.7 Å². The number of nitrogens with two attached hydrogens (primary N) is 1. The van der Waals surface area contributed by atoms with Crippen LogP contribution in [-0.4, -0.2) is 18.9 Å². The van der Waals surface area contributed by atoms with Gasteiger partial charge < -0.3 is 10.5 Å². The number of hydrazone groups is 1. The van der Waals surface area contributed by atoms with Crippen LogP contribution in [0.5, 0.6) is 5.75 Å². The van der Waals surface area contributed by atoms with Crippen molar-refractivity contribution in [1.29, 1.82) is 0 Å². The lowest BCUT2D eigenvalue weighted by atomic mass is 10.2. The maximum absolute atomic E-state index is 13.5. The molecule has 0 spiro atoms. The Labute approximate surface area is 103 Å². The van der Waals surface area contributed by atoms with Crippen LogP contribution in [0, 0.1) is 11.6 Å². The molecule has 1 aromatic rings. The van der Waals surface area contributed by atoms with Gasteiger partial charge in [0.1, 0.15) is 0 Å². The number of ether oxygens (including phenoxy) is 1. The summed E-state index contributed by atoms with van der Waals surface area (Å²) in [7, 11) is 0. The van der Waals surface area contributed by atoms with Crippen molar-refractivity contribution in [3.63, 3.8) is 0 Å². The SMILES string of the molecule is CCCOc1c(F)cc(C=NNC(N)=O)cc1F. The average molecular weight is 257 g/mol. The molecule has 0 saturated heterocycles. The number of nitrogens with one attached hydrogen (secondary N) is 1. The highest BCUT2D eigenvalue weighted by molar-refractivity contribution is 5.81. The van der Waals surface area contributed by atoms with Crippen molar-refractivity contribution in [2.24, 2.45) is 10.8 Å². The maximum Gasteiger partial charge on any atom is 0.332 e. The molecular formula is C11H13F2N3O2. The van der Waals surface area contributed by atoms with Crippen LogP contribution in [0.1, 0.15) is 18.9 Å². The number of urea groups is 1. The summed E-state index contributed by atoms with van der Waals surface area (Å²) < 4.78 is 31.9. The van der Waals surface area contributed by atoms with E-state index in [2.05, 4.69) is 5.10 Å². The molecule has 0 aromatic heterocycles. The lowest BCUT2D eigenvalue weighted by Crippen LogP contribution is -2.24. The number of hydrogen-bond acceptors (Lipinski definition) is 3. The minimum Gasteiger partial charge on any atom is -0.488 e. The summed E-state index contributed by atoms with van der Waals surface area (Å²) in [6.07, 6.45) is 1.71. The van der Waals surface area contributed by atoms with E-state index in [0.29, 0.717) is 6.42 Å². The Bertz CT molecular complexity index is 441. The van der Waals surface area contributed by atoms with Gasteiger partial charge in [0.2, 0.25) is 0 Å². The van der Waals surface area contributed by atoms with Gasteiger partial charge >= 0.3 is 6.03 Å². The maximum atomic E-state index is 13.5. The van der Waals surface area contributed by atoms with E-state index in [0.717, 1.165) is 18.3 Å². The highest BCUT2D eigenvalue weighted by atomic mass is 19.1. The van der Waals surface area contributed by atoms with Crippen LogP contribution < -0.4 is 15.9 Å². The minimum atomic E-state index is -0.866. The Kier molecular flexibility index (Phi) is 5.04. The molecule has 2 amide bonds. The van der Waals surface area contributed by atoms with Gasteiger partial charge in [-0.1, -0.05) is 6.92 Å². The Morgan fingerprint density at radius 1 is 1.50 bits per heavy atom. The Morgan fingerprint density at radius 3 is 2.61 bits per heavy atom. The highest BCUT2D eigenvalue weighted by Gasteiger charge is 2.11. The quantitative estimate of drug-likeness (QED) is 0.622. The molecule has 0 heterocycles. The number of hydrogen-bond donors (Lipinski definition) is 2. The van der Waals surface area contributed by atoms with Crippen molar-refractivity contribution < 1.29 is 18.3 Å². The van der Waals surface area contributed by atoms with Gasteiger partial charge in [-0.25, -0.2) is 19.0 Å². The molecule has 3 N–H and O–H groups in total. The van der Waals surface area contributed by atoms with Gasteiger partial charge in [0.05, 0.1) is 12.8 Å². The van der Waals surface area contributed by atoms with Crippen molar-refractivity contribution >= 4 is 12.2 Å². The first-order chi connectivity index (χ1) is 8.54. The molecule has 5 nitrogen and oxygen atoms in total. The molecule has 0 bridgehead atoms. The van der Waals surface area contributed by atoms with Crippen molar-refractivity contribution in [2.75, 3.05) is 6.61 Å². The molecule has 0 radical (unpaired) electrons. The summed E-state index contributed by atoms with van der Waals surface area (Å²) >= 11 is 0.